The van der Waals surface area contributed by atoms with Gasteiger partial charge in [-0.15, -0.1) is 24.8 Å². The van der Waals surface area contributed by atoms with E-state index >= 15 is 0 Å². The maximum absolute atomic E-state index is 12.1. The molecule has 0 unspecified atom stereocenters. The first-order valence-corrected chi connectivity index (χ1v) is 8.18. The minimum Gasteiger partial charge on any atom is -0.467 e. The molecule has 1 aromatic heterocycles. The number of ether oxygens (including phenoxy) is 1. The van der Waals surface area contributed by atoms with E-state index in [1.165, 1.54) is 11.8 Å². The minimum absolute atomic E-state index is 0. The summed E-state index contributed by atoms with van der Waals surface area (Å²) in [5.74, 6) is 0.449. The Labute approximate surface area is 165 Å². The number of hydrogen-bond donors (Lipinski definition) is 2. The Morgan fingerprint density at radius 3 is 2.58 bits per heavy atom. The fourth-order valence-corrected chi connectivity index (χ4v) is 2.75. The Kier molecular flexibility index (Phi) is 9.69. The van der Waals surface area contributed by atoms with Crippen molar-refractivity contribution in [2.24, 2.45) is 5.73 Å². The number of nitrogens with zero attached hydrogens (tertiary/aromatic N) is 1. The van der Waals surface area contributed by atoms with Crippen LogP contribution in [0.5, 0.6) is 0 Å². The number of morpholine rings is 1. The Bertz CT molecular complexity index is 688. The Hall–Kier alpha value is -1.57. The number of carbonyl (C=O) groups is 1. The number of rotatable bonds is 6. The normalized spacial score (nSPS) is 14.2. The molecule has 0 radical (unpaired) electrons. The smallest absolute Gasteiger partial charge is 0.254 e. The van der Waals surface area contributed by atoms with Crippen molar-refractivity contribution in [3.63, 3.8) is 0 Å². The molecule has 6 nitrogen and oxygen atoms in total. The summed E-state index contributed by atoms with van der Waals surface area (Å²) in [5, 5.41) is 2.91. The van der Waals surface area contributed by atoms with E-state index in [-0.39, 0.29) is 37.3 Å². The van der Waals surface area contributed by atoms with Gasteiger partial charge in [0.2, 0.25) is 0 Å². The molecule has 2 aromatic rings. The Morgan fingerprint density at radius 2 is 1.88 bits per heavy atom. The number of carbonyl (C=O) groups excluding carboxylic acids is 1. The topological polar surface area (TPSA) is 80.7 Å². The molecular formula is C18H25Cl2N3O3. The maximum Gasteiger partial charge on any atom is 0.254 e. The molecule has 1 aromatic carbocycles. The van der Waals surface area contributed by atoms with Crippen LogP contribution in [-0.4, -0.2) is 37.1 Å². The number of benzene rings is 1. The zero-order valence-corrected chi connectivity index (χ0v) is 16.1. The highest BCUT2D eigenvalue weighted by atomic mass is 35.5. The van der Waals surface area contributed by atoms with Gasteiger partial charge in [0.1, 0.15) is 12.0 Å². The second-order valence-corrected chi connectivity index (χ2v) is 5.90. The Balaban J connectivity index is 0.00000169. The van der Waals surface area contributed by atoms with Gasteiger partial charge < -0.3 is 20.2 Å². The van der Waals surface area contributed by atoms with Gasteiger partial charge in [-0.25, -0.2) is 0 Å². The molecule has 1 aliphatic heterocycles. The summed E-state index contributed by atoms with van der Waals surface area (Å²) in [6.45, 7) is 5.20. The van der Waals surface area contributed by atoms with Crippen molar-refractivity contribution in [1.82, 2.24) is 10.2 Å². The van der Waals surface area contributed by atoms with E-state index in [0.717, 1.165) is 38.4 Å². The lowest BCUT2D eigenvalue weighted by Crippen LogP contribution is -2.35. The first kappa shape index (κ1) is 22.5. The standard InChI is InChI=1S/C18H23N3O3.2ClH/c19-10-17-9-16(13-24-17)18(22)20-11-14-2-1-3-15(8-14)12-21-4-6-23-7-5-21;;/h1-3,8-9,13H,4-7,10-12,19H2,(H,20,22);2*1H. The van der Waals surface area contributed by atoms with Crippen molar-refractivity contribution < 1.29 is 13.9 Å². The summed E-state index contributed by atoms with van der Waals surface area (Å²) in [7, 11) is 0. The van der Waals surface area contributed by atoms with E-state index in [9.17, 15) is 4.79 Å². The van der Waals surface area contributed by atoms with E-state index in [4.69, 9.17) is 14.9 Å². The van der Waals surface area contributed by atoms with E-state index in [1.807, 2.05) is 12.1 Å². The number of nitrogens with one attached hydrogen (secondary N) is 1. The van der Waals surface area contributed by atoms with Crippen LogP contribution in [0.15, 0.2) is 41.0 Å². The molecule has 3 N–H and O–H groups in total. The van der Waals surface area contributed by atoms with Crippen LogP contribution >= 0.6 is 24.8 Å². The highest BCUT2D eigenvalue weighted by Gasteiger charge is 2.12. The van der Waals surface area contributed by atoms with E-state index in [2.05, 4.69) is 22.3 Å². The molecule has 3 rings (SSSR count). The van der Waals surface area contributed by atoms with Crippen LogP contribution in [0.25, 0.3) is 0 Å². The van der Waals surface area contributed by atoms with Gasteiger partial charge >= 0.3 is 0 Å². The number of amides is 1. The molecular weight excluding hydrogens is 377 g/mol. The SMILES string of the molecule is Cl.Cl.NCc1cc(C(=O)NCc2cccc(CN3CCOCC3)c2)co1. The fraction of sp³-hybridized carbons (Fsp3) is 0.389. The highest BCUT2D eigenvalue weighted by molar-refractivity contribution is 5.93. The lowest BCUT2D eigenvalue weighted by atomic mass is 10.1. The van der Waals surface area contributed by atoms with Crippen LogP contribution in [-0.2, 0) is 24.4 Å². The lowest BCUT2D eigenvalue weighted by Gasteiger charge is -2.26. The molecule has 26 heavy (non-hydrogen) atoms. The summed E-state index contributed by atoms with van der Waals surface area (Å²) in [4.78, 5) is 14.5. The zero-order valence-electron chi connectivity index (χ0n) is 14.5. The summed E-state index contributed by atoms with van der Waals surface area (Å²) < 4.78 is 10.6. The second kappa shape index (κ2) is 11.2. The van der Waals surface area contributed by atoms with E-state index in [0.29, 0.717) is 17.9 Å². The minimum atomic E-state index is -0.156. The van der Waals surface area contributed by atoms with Crippen molar-refractivity contribution in [2.45, 2.75) is 19.6 Å². The highest BCUT2D eigenvalue weighted by Crippen LogP contribution is 2.11. The molecule has 2 heterocycles. The predicted octanol–water partition coefficient (Wildman–Crippen LogP) is 2.34. The molecule has 1 fully saturated rings. The average Bonchev–Trinajstić information content (AvgIpc) is 3.10. The van der Waals surface area contributed by atoms with Gasteiger partial charge in [-0.3, -0.25) is 9.69 Å². The number of furan rings is 1. The van der Waals surface area contributed by atoms with Crippen molar-refractivity contribution in [3.05, 3.63) is 59.0 Å². The van der Waals surface area contributed by atoms with Crippen LogP contribution in [0.4, 0.5) is 0 Å². The maximum atomic E-state index is 12.1. The van der Waals surface area contributed by atoms with Gasteiger partial charge in [0.05, 0.1) is 25.3 Å². The lowest BCUT2D eigenvalue weighted by molar-refractivity contribution is 0.0342. The fourth-order valence-electron chi connectivity index (χ4n) is 2.75. The van der Waals surface area contributed by atoms with Crippen LogP contribution in [0.3, 0.4) is 0 Å². The second-order valence-electron chi connectivity index (χ2n) is 5.90. The molecule has 144 valence electrons. The van der Waals surface area contributed by atoms with Crippen molar-refractivity contribution in [2.75, 3.05) is 26.3 Å². The van der Waals surface area contributed by atoms with Crippen LogP contribution < -0.4 is 11.1 Å². The molecule has 8 heteroatoms. The first-order chi connectivity index (χ1) is 11.7. The average molecular weight is 402 g/mol. The molecule has 0 bridgehead atoms. The van der Waals surface area contributed by atoms with E-state index in [1.54, 1.807) is 6.07 Å². The zero-order chi connectivity index (χ0) is 16.8. The van der Waals surface area contributed by atoms with Crippen molar-refractivity contribution in [1.29, 1.82) is 0 Å². The molecule has 1 saturated heterocycles. The first-order valence-electron chi connectivity index (χ1n) is 8.18. The van der Waals surface area contributed by atoms with Crippen molar-refractivity contribution >= 4 is 30.7 Å². The van der Waals surface area contributed by atoms with Gasteiger partial charge in [-0.2, -0.15) is 0 Å². The van der Waals surface area contributed by atoms with Crippen molar-refractivity contribution in [3.8, 4) is 0 Å². The third-order valence-corrected chi connectivity index (χ3v) is 4.07. The summed E-state index contributed by atoms with van der Waals surface area (Å²) in [6, 6.07) is 9.97. The monoisotopic (exact) mass is 401 g/mol. The van der Waals surface area contributed by atoms with Gasteiger partial charge in [-0.05, 0) is 17.2 Å². The van der Waals surface area contributed by atoms with Gasteiger partial charge in [-0.1, -0.05) is 24.3 Å². The number of halogens is 2. The number of nitrogens with two attached hydrogens (primary N) is 1. The largest absolute Gasteiger partial charge is 0.467 e. The number of hydrogen-bond acceptors (Lipinski definition) is 5. The molecule has 0 spiro atoms. The predicted molar refractivity (Wildman–Crippen MR) is 105 cm³/mol. The van der Waals surface area contributed by atoms with Gasteiger partial charge in [0, 0.05) is 26.2 Å². The molecule has 1 aliphatic rings. The summed E-state index contributed by atoms with van der Waals surface area (Å²) in [5.41, 5.74) is 8.31. The molecule has 1 amide bonds. The molecule has 0 atom stereocenters. The summed E-state index contributed by atoms with van der Waals surface area (Å²) in [6.07, 6.45) is 1.44. The van der Waals surface area contributed by atoms with Gasteiger partial charge in [0.15, 0.2) is 0 Å². The van der Waals surface area contributed by atoms with Crippen LogP contribution in [0, 0.1) is 0 Å². The molecule has 0 saturated carbocycles. The van der Waals surface area contributed by atoms with Gasteiger partial charge in [0.25, 0.3) is 5.91 Å². The third-order valence-electron chi connectivity index (χ3n) is 4.07. The summed E-state index contributed by atoms with van der Waals surface area (Å²) >= 11 is 0. The molecule has 0 aliphatic carbocycles. The van der Waals surface area contributed by atoms with E-state index < -0.39 is 0 Å². The van der Waals surface area contributed by atoms with Crippen LogP contribution in [0.2, 0.25) is 0 Å². The Morgan fingerprint density at radius 1 is 1.15 bits per heavy atom. The van der Waals surface area contributed by atoms with Crippen LogP contribution in [0.1, 0.15) is 27.2 Å². The third kappa shape index (κ3) is 6.30. The quantitative estimate of drug-likeness (QED) is 0.776.